The summed E-state index contributed by atoms with van der Waals surface area (Å²) in [5.74, 6) is 0. The highest BCUT2D eigenvalue weighted by Gasteiger charge is 2.22. The fraction of sp³-hybridized carbons (Fsp3) is 0.667. The lowest BCUT2D eigenvalue weighted by molar-refractivity contribution is 0.0826. The van der Waals surface area contributed by atoms with E-state index in [1.165, 1.54) is 17.8 Å². The Morgan fingerprint density at radius 2 is 2.21 bits per heavy atom. The first-order valence-electron chi connectivity index (χ1n) is 7.27. The zero-order valence-corrected chi connectivity index (χ0v) is 12.4. The lowest BCUT2D eigenvalue weighted by Gasteiger charge is -2.39. The molecule has 19 heavy (non-hydrogen) atoms. The largest absolute Gasteiger partial charge is 0.316 e. The molecule has 1 saturated heterocycles. The van der Waals surface area contributed by atoms with Crippen molar-refractivity contribution < 1.29 is 0 Å². The minimum atomic E-state index is 0.655. The summed E-state index contributed by atoms with van der Waals surface area (Å²) in [5.41, 5.74) is 2.42. The highest BCUT2D eigenvalue weighted by Crippen LogP contribution is 2.12. The zero-order chi connectivity index (χ0) is 13.7. The van der Waals surface area contributed by atoms with Gasteiger partial charge in [-0.05, 0) is 32.1 Å². The molecule has 0 aliphatic carbocycles. The molecular weight excluding hydrogens is 236 g/mol. The van der Waals surface area contributed by atoms with Crippen LogP contribution in [0, 0.1) is 0 Å². The van der Waals surface area contributed by atoms with E-state index in [2.05, 4.69) is 46.1 Å². The van der Waals surface area contributed by atoms with Crippen LogP contribution in [-0.2, 0) is 13.1 Å². The van der Waals surface area contributed by atoms with Crippen LogP contribution in [0.1, 0.15) is 25.1 Å². The van der Waals surface area contributed by atoms with Crippen LogP contribution in [0.2, 0.25) is 0 Å². The molecule has 2 rings (SSSR count). The van der Waals surface area contributed by atoms with Gasteiger partial charge < -0.3 is 5.32 Å². The van der Waals surface area contributed by atoms with E-state index in [-0.39, 0.29) is 0 Å². The molecule has 1 aliphatic heterocycles. The maximum atomic E-state index is 4.56. The van der Waals surface area contributed by atoms with Crippen molar-refractivity contribution in [1.82, 2.24) is 20.1 Å². The molecule has 1 N–H and O–H groups in total. The molecule has 1 fully saturated rings. The van der Waals surface area contributed by atoms with Crippen LogP contribution in [0.25, 0.3) is 0 Å². The van der Waals surface area contributed by atoms with Gasteiger partial charge in [0.1, 0.15) is 0 Å². The molecule has 0 bridgehead atoms. The standard InChI is InChI=1S/C15H26N4/c1-4-19-8-7-18(11-13(19)2)12-15-6-5-14(9-16-3)10-17-15/h5-6,10,13,16H,4,7-9,11-12H2,1-3H3. The van der Waals surface area contributed by atoms with Crippen molar-refractivity contribution >= 4 is 0 Å². The first-order chi connectivity index (χ1) is 9.22. The second kappa shape index (κ2) is 6.98. The fourth-order valence-corrected chi connectivity index (χ4v) is 2.77. The number of aromatic nitrogens is 1. The topological polar surface area (TPSA) is 31.4 Å². The molecule has 1 aromatic rings. The first-order valence-corrected chi connectivity index (χ1v) is 7.27. The Bertz CT molecular complexity index is 376. The maximum Gasteiger partial charge on any atom is 0.0544 e. The number of likely N-dealkylation sites (N-methyl/N-ethyl adjacent to an activating group) is 1. The third kappa shape index (κ3) is 4.00. The van der Waals surface area contributed by atoms with E-state index >= 15 is 0 Å². The third-order valence-corrected chi connectivity index (χ3v) is 3.91. The van der Waals surface area contributed by atoms with Gasteiger partial charge in [0.15, 0.2) is 0 Å². The average molecular weight is 262 g/mol. The summed E-state index contributed by atoms with van der Waals surface area (Å²) < 4.78 is 0. The summed E-state index contributed by atoms with van der Waals surface area (Å²) in [4.78, 5) is 9.61. The van der Waals surface area contributed by atoms with Crippen LogP contribution < -0.4 is 5.32 Å². The van der Waals surface area contributed by atoms with Crippen molar-refractivity contribution in [3.8, 4) is 0 Å². The molecule has 1 unspecified atom stereocenters. The van der Waals surface area contributed by atoms with Crippen LogP contribution in [-0.4, -0.2) is 54.1 Å². The van der Waals surface area contributed by atoms with Crippen LogP contribution >= 0.6 is 0 Å². The minimum Gasteiger partial charge on any atom is -0.316 e. The van der Waals surface area contributed by atoms with Crippen molar-refractivity contribution in [2.75, 3.05) is 33.2 Å². The predicted molar refractivity (Wildman–Crippen MR) is 79.0 cm³/mol. The molecule has 0 amide bonds. The van der Waals surface area contributed by atoms with Gasteiger partial charge in [0.25, 0.3) is 0 Å². The van der Waals surface area contributed by atoms with E-state index in [9.17, 15) is 0 Å². The maximum absolute atomic E-state index is 4.56. The second-order valence-electron chi connectivity index (χ2n) is 5.40. The van der Waals surface area contributed by atoms with Gasteiger partial charge in [-0.25, -0.2) is 0 Å². The van der Waals surface area contributed by atoms with Crippen LogP contribution in [0.4, 0.5) is 0 Å². The summed E-state index contributed by atoms with van der Waals surface area (Å²) in [6.45, 7) is 11.1. The molecule has 2 heterocycles. The molecule has 0 aromatic carbocycles. The van der Waals surface area contributed by atoms with Crippen LogP contribution in [0.15, 0.2) is 18.3 Å². The van der Waals surface area contributed by atoms with E-state index in [1.807, 2.05) is 13.2 Å². The van der Waals surface area contributed by atoms with Crippen molar-refractivity contribution in [3.63, 3.8) is 0 Å². The summed E-state index contributed by atoms with van der Waals surface area (Å²) in [6, 6.07) is 4.98. The van der Waals surface area contributed by atoms with Gasteiger partial charge in [0.2, 0.25) is 0 Å². The zero-order valence-electron chi connectivity index (χ0n) is 12.4. The normalized spacial score (nSPS) is 21.7. The van der Waals surface area contributed by atoms with Gasteiger partial charge in [-0.1, -0.05) is 13.0 Å². The molecule has 106 valence electrons. The van der Waals surface area contributed by atoms with Crippen molar-refractivity contribution in [3.05, 3.63) is 29.6 Å². The van der Waals surface area contributed by atoms with Crippen molar-refractivity contribution in [1.29, 1.82) is 0 Å². The van der Waals surface area contributed by atoms with Gasteiger partial charge >= 0.3 is 0 Å². The molecular formula is C15H26N4. The van der Waals surface area contributed by atoms with E-state index in [4.69, 9.17) is 0 Å². The number of rotatable bonds is 5. The first kappa shape index (κ1) is 14.4. The van der Waals surface area contributed by atoms with Gasteiger partial charge in [-0.2, -0.15) is 0 Å². The number of hydrogen-bond acceptors (Lipinski definition) is 4. The second-order valence-corrected chi connectivity index (χ2v) is 5.40. The average Bonchev–Trinajstić information content (AvgIpc) is 2.42. The number of piperazine rings is 1. The Hall–Kier alpha value is -0.970. The van der Waals surface area contributed by atoms with Crippen LogP contribution in [0.3, 0.4) is 0 Å². The predicted octanol–water partition coefficient (Wildman–Crippen LogP) is 1.33. The molecule has 1 atom stereocenters. The van der Waals surface area contributed by atoms with Gasteiger partial charge in [-0.15, -0.1) is 0 Å². The van der Waals surface area contributed by atoms with Gasteiger partial charge in [-0.3, -0.25) is 14.8 Å². The number of pyridine rings is 1. The molecule has 0 radical (unpaired) electrons. The molecule has 0 spiro atoms. The quantitative estimate of drug-likeness (QED) is 0.867. The number of nitrogens with one attached hydrogen (secondary N) is 1. The Morgan fingerprint density at radius 1 is 1.37 bits per heavy atom. The van der Waals surface area contributed by atoms with E-state index in [1.54, 1.807) is 0 Å². The molecule has 0 saturated carbocycles. The molecule has 1 aromatic heterocycles. The summed E-state index contributed by atoms with van der Waals surface area (Å²) in [6.07, 6.45) is 1.98. The third-order valence-electron chi connectivity index (χ3n) is 3.91. The van der Waals surface area contributed by atoms with Crippen molar-refractivity contribution in [2.24, 2.45) is 0 Å². The summed E-state index contributed by atoms with van der Waals surface area (Å²) in [5, 5.41) is 3.15. The summed E-state index contributed by atoms with van der Waals surface area (Å²) in [7, 11) is 1.96. The molecule has 4 heteroatoms. The SMILES string of the molecule is CCN1CCN(Cc2ccc(CNC)cn2)CC1C. The minimum absolute atomic E-state index is 0.655. The lowest BCUT2D eigenvalue weighted by Crippen LogP contribution is -2.51. The van der Waals surface area contributed by atoms with E-state index < -0.39 is 0 Å². The molecule has 1 aliphatic rings. The fourth-order valence-electron chi connectivity index (χ4n) is 2.77. The van der Waals surface area contributed by atoms with Gasteiger partial charge in [0.05, 0.1) is 5.69 Å². The number of hydrogen-bond donors (Lipinski definition) is 1. The highest BCUT2D eigenvalue weighted by molar-refractivity contribution is 5.14. The number of nitrogens with zero attached hydrogens (tertiary/aromatic N) is 3. The Labute approximate surface area is 116 Å². The smallest absolute Gasteiger partial charge is 0.0544 e. The Kier molecular flexibility index (Phi) is 5.31. The highest BCUT2D eigenvalue weighted by atomic mass is 15.3. The van der Waals surface area contributed by atoms with Crippen LogP contribution in [0.5, 0.6) is 0 Å². The Balaban J connectivity index is 1.87. The Morgan fingerprint density at radius 3 is 2.79 bits per heavy atom. The summed E-state index contributed by atoms with van der Waals surface area (Å²) >= 11 is 0. The van der Waals surface area contributed by atoms with Gasteiger partial charge in [0, 0.05) is 45.0 Å². The van der Waals surface area contributed by atoms with Crippen molar-refractivity contribution in [2.45, 2.75) is 33.0 Å². The molecule has 4 nitrogen and oxygen atoms in total. The monoisotopic (exact) mass is 262 g/mol. The van der Waals surface area contributed by atoms with E-state index in [0.29, 0.717) is 6.04 Å². The van der Waals surface area contributed by atoms with E-state index in [0.717, 1.165) is 32.7 Å². The lowest BCUT2D eigenvalue weighted by atomic mass is 10.1.